The molecule has 0 aliphatic rings. The van der Waals surface area contributed by atoms with E-state index in [1.165, 1.54) is 4.90 Å². The third-order valence-electron chi connectivity index (χ3n) is 5.61. The lowest BCUT2D eigenvalue weighted by molar-refractivity contribution is -0.139. The largest absolute Gasteiger partial charge is 0.497 e. The molecular formula is C26H37N3O5S. The van der Waals surface area contributed by atoms with Crippen LogP contribution < -0.4 is 14.4 Å². The zero-order valence-corrected chi connectivity index (χ0v) is 22.4. The molecule has 0 aromatic heterocycles. The van der Waals surface area contributed by atoms with E-state index in [0.29, 0.717) is 11.4 Å². The van der Waals surface area contributed by atoms with E-state index in [1.54, 1.807) is 44.4 Å². The van der Waals surface area contributed by atoms with Gasteiger partial charge in [0.05, 0.1) is 19.1 Å². The van der Waals surface area contributed by atoms with Crippen molar-refractivity contribution in [1.29, 1.82) is 0 Å². The summed E-state index contributed by atoms with van der Waals surface area (Å²) in [5.41, 5.74) is 2.21. The van der Waals surface area contributed by atoms with Crippen molar-refractivity contribution < 1.29 is 22.7 Å². The highest BCUT2D eigenvalue weighted by Crippen LogP contribution is 2.23. The van der Waals surface area contributed by atoms with Crippen molar-refractivity contribution >= 4 is 27.5 Å². The topological polar surface area (TPSA) is 96.0 Å². The van der Waals surface area contributed by atoms with Gasteiger partial charge in [-0.3, -0.25) is 13.9 Å². The molecule has 35 heavy (non-hydrogen) atoms. The van der Waals surface area contributed by atoms with Gasteiger partial charge in [-0.05, 0) is 62.1 Å². The van der Waals surface area contributed by atoms with Gasteiger partial charge in [0.15, 0.2) is 0 Å². The molecule has 0 heterocycles. The number of amides is 2. The Morgan fingerprint density at radius 3 is 2.14 bits per heavy atom. The van der Waals surface area contributed by atoms with Gasteiger partial charge in [0.2, 0.25) is 21.8 Å². The van der Waals surface area contributed by atoms with Gasteiger partial charge < -0.3 is 15.0 Å². The number of carbonyl (C=O) groups excluding carboxylic acids is 2. The molecule has 0 spiro atoms. The Balaban J connectivity index is 2.40. The predicted octanol–water partition coefficient (Wildman–Crippen LogP) is 3.53. The summed E-state index contributed by atoms with van der Waals surface area (Å²) in [5, 5.41) is 2.83. The summed E-state index contributed by atoms with van der Waals surface area (Å²) in [6.07, 6.45) is 1.07. The molecule has 0 aliphatic carbocycles. The van der Waals surface area contributed by atoms with E-state index in [9.17, 15) is 18.0 Å². The number of ether oxygens (including phenoxy) is 1. The lowest BCUT2D eigenvalue weighted by Gasteiger charge is -2.32. The summed E-state index contributed by atoms with van der Waals surface area (Å²) in [5.74, 6) is 0.106. The summed E-state index contributed by atoms with van der Waals surface area (Å²) >= 11 is 0. The average Bonchev–Trinajstić information content (AvgIpc) is 2.79. The molecule has 1 unspecified atom stereocenters. The number of carbonyl (C=O) groups is 2. The Kier molecular flexibility index (Phi) is 9.71. The molecule has 2 aromatic rings. The van der Waals surface area contributed by atoms with E-state index < -0.39 is 28.5 Å². The normalized spacial score (nSPS) is 12.4. The number of rotatable bonds is 11. The van der Waals surface area contributed by atoms with Gasteiger partial charge in [-0.25, -0.2) is 8.42 Å². The highest BCUT2D eigenvalue weighted by Gasteiger charge is 2.30. The van der Waals surface area contributed by atoms with Gasteiger partial charge in [-0.2, -0.15) is 0 Å². The average molecular weight is 504 g/mol. The van der Waals surface area contributed by atoms with E-state index >= 15 is 0 Å². The smallest absolute Gasteiger partial charge is 0.244 e. The maximum Gasteiger partial charge on any atom is 0.244 e. The van der Waals surface area contributed by atoms with Gasteiger partial charge in [0.25, 0.3) is 0 Å². The molecule has 192 valence electrons. The van der Waals surface area contributed by atoms with Crippen molar-refractivity contribution in [1.82, 2.24) is 10.2 Å². The first kappa shape index (κ1) is 28.2. The first-order chi connectivity index (χ1) is 16.3. The fourth-order valence-electron chi connectivity index (χ4n) is 3.59. The Bertz CT molecular complexity index is 1110. The van der Waals surface area contributed by atoms with E-state index in [2.05, 4.69) is 5.32 Å². The minimum atomic E-state index is -3.76. The quantitative estimate of drug-likeness (QED) is 0.506. The van der Waals surface area contributed by atoms with Gasteiger partial charge in [-0.1, -0.05) is 38.1 Å². The van der Waals surface area contributed by atoms with E-state index in [-0.39, 0.29) is 24.4 Å². The summed E-state index contributed by atoms with van der Waals surface area (Å²) < 4.78 is 31.7. The van der Waals surface area contributed by atoms with Crippen molar-refractivity contribution in [3.05, 3.63) is 59.7 Å². The Labute approximate surface area is 209 Å². The van der Waals surface area contributed by atoms with Crippen LogP contribution in [0.25, 0.3) is 0 Å². The molecule has 0 saturated heterocycles. The minimum Gasteiger partial charge on any atom is -0.497 e. The molecular weight excluding hydrogens is 466 g/mol. The summed E-state index contributed by atoms with van der Waals surface area (Å²) in [7, 11) is -2.21. The van der Waals surface area contributed by atoms with Crippen LogP contribution in [0.4, 0.5) is 5.69 Å². The maximum absolute atomic E-state index is 13.5. The summed E-state index contributed by atoms with van der Waals surface area (Å²) in [6.45, 7) is 9.10. The maximum atomic E-state index is 13.5. The number of methoxy groups -OCH3 is 1. The van der Waals surface area contributed by atoms with Crippen molar-refractivity contribution in [3.8, 4) is 5.75 Å². The van der Waals surface area contributed by atoms with Gasteiger partial charge >= 0.3 is 0 Å². The molecule has 8 nitrogen and oxygen atoms in total. The Morgan fingerprint density at radius 1 is 1.00 bits per heavy atom. The molecule has 0 aliphatic heterocycles. The van der Waals surface area contributed by atoms with Gasteiger partial charge in [0, 0.05) is 12.6 Å². The molecule has 2 amide bonds. The van der Waals surface area contributed by atoms with Crippen LogP contribution in [0.2, 0.25) is 0 Å². The minimum absolute atomic E-state index is 0.106. The molecule has 0 radical (unpaired) electrons. The second kappa shape index (κ2) is 12.1. The van der Waals surface area contributed by atoms with Crippen molar-refractivity contribution in [2.75, 3.05) is 24.2 Å². The van der Waals surface area contributed by atoms with Crippen LogP contribution in [-0.2, 0) is 26.2 Å². The van der Waals surface area contributed by atoms with Crippen molar-refractivity contribution in [2.24, 2.45) is 0 Å². The standard InChI is InChI=1S/C26H37N3O5S/c1-18(2)22-11-13-23(14-12-22)29(35(7,32)33)17-25(30)28(20(5)26(31)27-19(3)4)16-21-9-8-10-24(15-21)34-6/h8-15,18-20H,16-17H2,1-7H3,(H,27,31). The third kappa shape index (κ3) is 7.99. The summed E-state index contributed by atoms with van der Waals surface area (Å²) in [4.78, 5) is 27.7. The van der Waals surface area contributed by atoms with Crippen LogP contribution >= 0.6 is 0 Å². The van der Waals surface area contributed by atoms with Crippen LogP contribution in [-0.4, -0.2) is 57.1 Å². The zero-order chi connectivity index (χ0) is 26.3. The summed E-state index contributed by atoms with van der Waals surface area (Å²) in [6, 6.07) is 13.4. The van der Waals surface area contributed by atoms with Gasteiger partial charge in [0.1, 0.15) is 18.3 Å². The fourth-order valence-corrected chi connectivity index (χ4v) is 4.44. The SMILES string of the molecule is COc1cccc(CN(C(=O)CN(c2ccc(C(C)C)cc2)S(C)(=O)=O)C(C)C(=O)NC(C)C)c1. The second-order valence-corrected chi connectivity index (χ2v) is 11.1. The number of nitrogens with zero attached hydrogens (tertiary/aromatic N) is 2. The number of hydrogen-bond donors (Lipinski definition) is 1. The Hall–Kier alpha value is -3.07. The number of anilines is 1. The monoisotopic (exact) mass is 503 g/mol. The van der Waals surface area contributed by atoms with E-state index in [1.807, 2.05) is 45.9 Å². The van der Waals surface area contributed by atoms with Crippen LogP contribution in [0.15, 0.2) is 48.5 Å². The molecule has 1 atom stereocenters. The molecule has 0 saturated carbocycles. The zero-order valence-electron chi connectivity index (χ0n) is 21.6. The number of hydrogen-bond acceptors (Lipinski definition) is 5. The van der Waals surface area contributed by atoms with Gasteiger partial charge in [-0.15, -0.1) is 0 Å². The van der Waals surface area contributed by atoms with Crippen LogP contribution in [0, 0.1) is 0 Å². The predicted molar refractivity (Wildman–Crippen MR) is 139 cm³/mol. The Morgan fingerprint density at radius 2 is 1.63 bits per heavy atom. The molecule has 2 aromatic carbocycles. The lowest BCUT2D eigenvalue weighted by atomic mass is 10.0. The lowest BCUT2D eigenvalue weighted by Crippen LogP contribution is -2.52. The van der Waals surface area contributed by atoms with Crippen LogP contribution in [0.3, 0.4) is 0 Å². The molecule has 1 N–H and O–H groups in total. The number of nitrogens with one attached hydrogen (secondary N) is 1. The second-order valence-electron chi connectivity index (χ2n) is 9.23. The number of benzene rings is 2. The van der Waals surface area contributed by atoms with E-state index in [4.69, 9.17) is 4.74 Å². The highest BCUT2D eigenvalue weighted by molar-refractivity contribution is 7.92. The van der Waals surface area contributed by atoms with E-state index in [0.717, 1.165) is 21.7 Å². The molecule has 9 heteroatoms. The van der Waals surface area contributed by atoms with Crippen LogP contribution in [0.1, 0.15) is 51.7 Å². The van der Waals surface area contributed by atoms with Crippen molar-refractivity contribution in [2.45, 2.75) is 59.2 Å². The first-order valence-electron chi connectivity index (χ1n) is 11.6. The highest BCUT2D eigenvalue weighted by atomic mass is 32.2. The molecule has 0 bridgehead atoms. The van der Waals surface area contributed by atoms with Crippen molar-refractivity contribution in [3.63, 3.8) is 0 Å². The fraction of sp³-hybridized carbons (Fsp3) is 0.462. The first-order valence-corrected chi connectivity index (χ1v) is 13.5. The van der Waals surface area contributed by atoms with Crippen LogP contribution in [0.5, 0.6) is 5.75 Å². The number of sulfonamides is 1. The molecule has 0 fully saturated rings. The molecule has 2 rings (SSSR count). The third-order valence-corrected chi connectivity index (χ3v) is 6.75.